The van der Waals surface area contributed by atoms with Gasteiger partial charge < -0.3 is 0 Å². The Bertz CT molecular complexity index is 268. The molecule has 0 aromatic heterocycles. The fourth-order valence-corrected chi connectivity index (χ4v) is 3.76. The lowest BCUT2D eigenvalue weighted by atomic mass is 9.80. The molecule has 2 rings (SSSR count). The summed E-state index contributed by atoms with van der Waals surface area (Å²) in [6.07, 6.45) is 4.36. The number of hydrogen-bond donors (Lipinski definition) is 0. The quantitative estimate of drug-likeness (QED) is 0.601. The van der Waals surface area contributed by atoms with Gasteiger partial charge >= 0.3 is 0 Å². The Hall–Kier alpha value is -0.0400. The van der Waals surface area contributed by atoms with Crippen molar-refractivity contribution in [2.45, 2.75) is 66.3 Å². The van der Waals surface area contributed by atoms with Gasteiger partial charge in [0.05, 0.1) is 0 Å². The Labute approximate surface area is 102 Å². The first-order valence-corrected chi connectivity index (χ1v) is 6.90. The van der Waals surface area contributed by atoms with Crippen molar-refractivity contribution in [3.05, 3.63) is 0 Å². The molecule has 0 radical (unpaired) electrons. The van der Waals surface area contributed by atoms with E-state index in [4.69, 9.17) is 0 Å². The van der Waals surface area contributed by atoms with Gasteiger partial charge in [0.25, 0.3) is 0 Å². The minimum Gasteiger partial charge on any atom is -0.298 e. The van der Waals surface area contributed by atoms with Crippen molar-refractivity contribution in [1.29, 1.82) is 0 Å². The first-order valence-electron chi connectivity index (χ1n) is 6.90. The van der Waals surface area contributed by atoms with Crippen molar-refractivity contribution in [2.24, 2.45) is 16.7 Å². The van der Waals surface area contributed by atoms with Gasteiger partial charge in [-0.15, -0.1) is 0 Å². The molecule has 1 nitrogen and oxygen atoms in total. The zero-order chi connectivity index (χ0) is 12.2. The Kier molecular flexibility index (Phi) is 2.70. The second-order valence-corrected chi connectivity index (χ2v) is 8.18. The summed E-state index contributed by atoms with van der Waals surface area (Å²) in [5.41, 5.74) is 1.56. The fraction of sp³-hybridized carbons (Fsp3) is 1.00. The van der Waals surface area contributed by atoms with Gasteiger partial charge in [0.2, 0.25) is 0 Å². The van der Waals surface area contributed by atoms with Crippen molar-refractivity contribution in [3.63, 3.8) is 0 Å². The molecular formula is C15H29N. The standard InChI is InChI=1S/C15H29N/c1-13(2,3)12-10-15(12)8-7-9-16(11-15)14(4,5)6/h12H,7-11H2,1-6H3. The van der Waals surface area contributed by atoms with Crippen molar-refractivity contribution in [2.75, 3.05) is 13.1 Å². The van der Waals surface area contributed by atoms with Crippen LogP contribution in [0.25, 0.3) is 0 Å². The molecule has 1 saturated heterocycles. The third kappa shape index (κ3) is 2.16. The van der Waals surface area contributed by atoms with Crippen LogP contribution in [0.4, 0.5) is 0 Å². The third-order valence-corrected chi connectivity index (χ3v) is 4.79. The SMILES string of the molecule is CC(C)(C)C1CC12CCCN(C(C)(C)C)C2. The molecule has 1 spiro atoms. The second-order valence-electron chi connectivity index (χ2n) is 8.18. The highest BCUT2D eigenvalue weighted by atomic mass is 15.2. The summed E-state index contributed by atoms with van der Waals surface area (Å²) in [7, 11) is 0. The predicted molar refractivity (Wildman–Crippen MR) is 70.6 cm³/mol. The van der Waals surface area contributed by atoms with Crippen LogP contribution in [0.5, 0.6) is 0 Å². The maximum atomic E-state index is 2.71. The molecule has 1 heterocycles. The van der Waals surface area contributed by atoms with E-state index in [0.717, 1.165) is 5.92 Å². The number of rotatable bonds is 0. The van der Waals surface area contributed by atoms with E-state index >= 15 is 0 Å². The Balaban J connectivity index is 2.05. The molecule has 0 aromatic carbocycles. The number of piperidine rings is 1. The lowest BCUT2D eigenvalue weighted by Crippen LogP contribution is -2.48. The van der Waals surface area contributed by atoms with Crippen LogP contribution in [0.1, 0.15) is 60.8 Å². The monoisotopic (exact) mass is 223 g/mol. The Morgan fingerprint density at radius 2 is 1.69 bits per heavy atom. The Morgan fingerprint density at radius 3 is 2.12 bits per heavy atom. The summed E-state index contributed by atoms with van der Waals surface area (Å²) < 4.78 is 0. The molecule has 2 fully saturated rings. The van der Waals surface area contributed by atoms with Crippen molar-refractivity contribution in [3.8, 4) is 0 Å². The molecular weight excluding hydrogens is 194 g/mol. The molecule has 0 aromatic rings. The average molecular weight is 223 g/mol. The van der Waals surface area contributed by atoms with E-state index in [1.165, 1.54) is 32.4 Å². The molecule has 1 saturated carbocycles. The lowest BCUT2D eigenvalue weighted by molar-refractivity contribution is 0.0549. The van der Waals surface area contributed by atoms with Crippen LogP contribution in [0.2, 0.25) is 0 Å². The van der Waals surface area contributed by atoms with Gasteiger partial charge in [0.15, 0.2) is 0 Å². The van der Waals surface area contributed by atoms with Gasteiger partial charge in [-0.1, -0.05) is 20.8 Å². The molecule has 16 heavy (non-hydrogen) atoms. The zero-order valence-corrected chi connectivity index (χ0v) is 12.1. The first-order chi connectivity index (χ1) is 7.15. The molecule has 2 unspecified atom stereocenters. The van der Waals surface area contributed by atoms with E-state index in [-0.39, 0.29) is 0 Å². The molecule has 0 N–H and O–H groups in total. The van der Waals surface area contributed by atoms with Crippen LogP contribution in [0.3, 0.4) is 0 Å². The molecule has 94 valence electrons. The highest BCUT2D eigenvalue weighted by Crippen LogP contribution is 2.65. The summed E-state index contributed by atoms with van der Waals surface area (Å²) in [5.74, 6) is 0.963. The number of likely N-dealkylation sites (tertiary alicyclic amines) is 1. The van der Waals surface area contributed by atoms with E-state index in [2.05, 4.69) is 46.4 Å². The van der Waals surface area contributed by atoms with E-state index in [0.29, 0.717) is 16.4 Å². The zero-order valence-electron chi connectivity index (χ0n) is 12.1. The van der Waals surface area contributed by atoms with E-state index in [1.807, 2.05) is 0 Å². The average Bonchev–Trinajstić information content (AvgIpc) is 2.77. The molecule has 1 aliphatic heterocycles. The predicted octanol–water partition coefficient (Wildman–Crippen LogP) is 3.93. The van der Waals surface area contributed by atoms with Crippen LogP contribution < -0.4 is 0 Å². The maximum Gasteiger partial charge on any atom is 0.0125 e. The second kappa shape index (κ2) is 3.48. The van der Waals surface area contributed by atoms with E-state index < -0.39 is 0 Å². The van der Waals surface area contributed by atoms with Gasteiger partial charge in [-0.05, 0) is 63.3 Å². The summed E-state index contributed by atoms with van der Waals surface area (Å²) >= 11 is 0. The topological polar surface area (TPSA) is 3.24 Å². The molecule has 2 atom stereocenters. The van der Waals surface area contributed by atoms with Gasteiger partial charge in [0, 0.05) is 12.1 Å². The third-order valence-electron chi connectivity index (χ3n) is 4.79. The van der Waals surface area contributed by atoms with Crippen LogP contribution in [0.15, 0.2) is 0 Å². The summed E-state index contributed by atoms with van der Waals surface area (Å²) in [5, 5.41) is 0. The van der Waals surface area contributed by atoms with Gasteiger partial charge in [-0.2, -0.15) is 0 Å². The van der Waals surface area contributed by atoms with Gasteiger partial charge in [-0.3, -0.25) is 4.90 Å². The maximum absolute atomic E-state index is 2.71. The molecule has 0 amide bonds. The molecule has 1 aliphatic carbocycles. The Morgan fingerprint density at radius 1 is 1.06 bits per heavy atom. The minimum atomic E-state index is 0.360. The first kappa shape index (κ1) is 12.4. The number of nitrogens with zero attached hydrogens (tertiary/aromatic N) is 1. The summed E-state index contributed by atoms with van der Waals surface area (Å²) in [6, 6.07) is 0. The molecule has 2 aliphatic rings. The molecule has 1 heteroatoms. The van der Waals surface area contributed by atoms with Crippen molar-refractivity contribution >= 4 is 0 Å². The number of hydrogen-bond acceptors (Lipinski definition) is 1. The van der Waals surface area contributed by atoms with Crippen molar-refractivity contribution < 1.29 is 0 Å². The van der Waals surface area contributed by atoms with E-state index in [9.17, 15) is 0 Å². The van der Waals surface area contributed by atoms with Crippen molar-refractivity contribution in [1.82, 2.24) is 4.90 Å². The highest BCUT2D eigenvalue weighted by Gasteiger charge is 2.60. The normalized spacial score (nSPS) is 36.8. The van der Waals surface area contributed by atoms with Crippen LogP contribution in [-0.2, 0) is 0 Å². The van der Waals surface area contributed by atoms with Gasteiger partial charge in [-0.25, -0.2) is 0 Å². The largest absolute Gasteiger partial charge is 0.298 e. The summed E-state index contributed by atoms with van der Waals surface area (Å²) in [6.45, 7) is 17.0. The minimum absolute atomic E-state index is 0.360. The van der Waals surface area contributed by atoms with Crippen LogP contribution in [0, 0.1) is 16.7 Å². The fourth-order valence-electron chi connectivity index (χ4n) is 3.76. The summed E-state index contributed by atoms with van der Waals surface area (Å²) in [4.78, 5) is 2.71. The van der Waals surface area contributed by atoms with Gasteiger partial charge in [0.1, 0.15) is 0 Å². The molecule has 0 bridgehead atoms. The van der Waals surface area contributed by atoms with Crippen LogP contribution in [-0.4, -0.2) is 23.5 Å². The van der Waals surface area contributed by atoms with Crippen LogP contribution >= 0.6 is 0 Å². The lowest BCUT2D eigenvalue weighted by Gasteiger charge is -2.43. The van der Waals surface area contributed by atoms with E-state index in [1.54, 1.807) is 0 Å². The highest BCUT2D eigenvalue weighted by molar-refractivity contribution is 5.10. The smallest absolute Gasteiger partial charge is 0.0125 e.